The van der Waals surface area contributed by atoms with Gasteiger partial charge in [0.2, 0.25) is 0 Å². The van der Waals surface area contributed by atoms with Crippen molar-refractivity contribution in [2.45, 2.75) is 25.4 Å². The number of hydrogen-bond donors (Lipinski definition) is 2. The molecule has 2 N–H and O–H groups in total. The number of carbonyl (C=O) groups is 1. The van der Waals surface area contributed by atoms with Gasteiger partial charge < -0.3 is 19.9 Å². The first kappa shape index (κ1) is 13.7. The molecule has 1 unspecified atom stereocenters. The number of phenolic OH excluding ortho intramolecular Hbond substituents is 1. The van der Waals surface area contributed by atoms with Crippen molar-refractivity contribution in [3.05, 3.63) is 24.3 Å². The van der Waals surface area contributed by atoms with Crippen LogP contribution in [-0.4, -0.2) is 36.9 Å². The third-order valence-electron chi connectivity index (χ3n) is 3.01. The van der Waals surface area contributed by atoms with Crippen LogP contribution in [0.4, 0.5) is 5.69 Å². The van der Waals surface area contributed by atoms with Gasteiger partial charge in [-0.25, -0.2) is 0 Å². The largest absolute Gasteiger partial charge is 0.508 e. The molecule has 5 nitrogen and oxygen atoms in total. The topological polar surface area (TPSA) is 67.8 Å². The van der Waals surface area contributed by atoms with Crippen LogP contribution in [0.1, 0.15) is 19.3 Å². The minimum Gasteiger partial charge on any atom is -0.508 e. The molecular weight excluding hydrogens is 246 g/mol. The van der Waals surface area contributed by atoms with Crippen molar-refractivity contribution < 1.29 is 19.4 Å². The number of benzene rings is 1. The van der Waals surface area contributed by atoms with Gasteiger partial charge in [0.05, 0.1) is 6.10 Å². The lowest BCUT2D eigenvalue weighted by molar-refractivity contribution is -0.146. The smallest absolute Gasteiger partial charge is 0.325 e. The Morgan fingerprint density at radius 1 is 1.37 bits per heavy atom. The van der Waals surface area contributed by atoms with Crippen molar-refractivity contribution in [2.24, 2.45) is 0 Å². The number of esters is 1. The van der Waals surface area contributed by atoms with Crippen molar-refractivity contribution in [1.29, 1.82) is 0 Å². The summed E-state index contributed by atoms with van der Waals surface area (Å²) in [6.07, 6.45) is 3.23. The van der Waals surface area contributed by atoms with Crippen LogP contribution in [0.3, 0.4) is 0 Å². The number of phenols is 1. The van der Waals surface area contributed by atoms with E-state index in [0.29, 0.717) is 6.61 Å². The number of carbonyl (C=O) groups excluding carboxylic acids is 1. The molecule has 2 rings (SSSR count). The van der Waals surface area contributed by atoms with Crippen molar-refractivity contribution in [1.82, 2.24) is 0 Å². The van der Waals surface area contributed by atoms with E-state index in [1.165, 1.54) is 0 Å². The van der Waals surface area contributed by atoms with Crippen LogP contribution in [0.5, 0.6) is 5.75 Å². The third-order valence-corrected chi connectivity index (χ3v) is 3.01. The van der Waals surface area contributed by atoms with E-state index >= 15 is 0 Å². The molecule has 0 bridgehead atoms. The van der Waals surface area contributed by atoms with Gasteiger partial charge in [0.1, 0.15) is 18.9 Å². The van der Waals surface area contributed by atoms with Crippen LogP contribution in [0.25, 0.3) is 0 Å². The molecule has 1 atom stereocenters. The van der Waals surface area contributed by atoms with E-state index in [4.69, 9.17) is 14.6 Å². The molecule has 1 aromatic carbocycles. The molecular formula is C14H19NO4. The van der Waals surface area contributed by atoms with Gasteiger partial charge in [0.25, 0.3) is 0 Å². The molecule has 0 spiro atoms. The average molecular weight is 265 g/mol. The summed E-state index contributed by atoms with van der Waals surface area (Å²) in [5.74, 6) is -0.107. The molecule has 0 aromatic heterocycles. The van der Waals surface area contributed by atoms with Crippen molar-refractivity contribution in [2.75, 3.05) is 25.1 Å². The summed E-state index contributed by atoms with van der Waals surface area (Å²) < 4.78 is 10.6. The highest BCUT2D eigenvalue weighted by atomic mass is 16.6. The summed E-state index contributed by atoms with van der Waals surface area (Å²) in [5.41, 5.74) is 0.767. The van der Waals surface area contributed by atoms with Crippen molar-refractivity contribution in [3.8, 4) is 5.75 Å². The van der Waals surface area contributed by atoms with Crippen LogP contribution in [0.2, 0.25) is 0 Å². The Morgan fingerprint density at radius 3 is 2.84 bits per heavy atom. The second-order valence-electron chi connectivity index (χ2n) is 4.57. The quantitative estimate of drug-likeness (QED) is 0.629. The fourth-order valence-electron chi connectivity index (χ4n) is 1.93. The maximum atomic E-state index is 11.5. The second-order valence-corrected chi connectivity index (χ2v) is 4.57. The molecule has 0 saturated carbocycles. The summed E-state index contributed by atoms with van der Waals surface area (Å²) in [6.45, 7) is 1.20. The first-order chi connectivity index (χ1) is 9.24. The van der Waals surface area contributed by atoms with Crippen molar-refractivity contribution in [3.63, 3.8) is 0 Å². The first-order valence-electron chi connectivity index (χ1n) is 6.54. The van der Waals surface area contributed by atoms with E-state index in [1.807, 2.05) is 0 Å². The maximum Gasteiger partial charge on any atom is 0.325 e. The molecule has 1 saturated heterocycles. The molecule has 0 aliphatic carbocycles. The highest BCUT2D eigenvalue weighted by molar-refractivity contribution is 5.75. The zero-order chi connectivity index (χ0) is 13.5. The van der Waals surface area contributed by atoms with Gasteiger partial charge in [-0.2, -0.15) is 0 Å². The number of ether oxygens (including phenoxy) is 2. The van der Waals surface area contributed by atoms with E-state index in [9.17, 15) is 4.79 Å². The molecule has 0 radical (unpaired) electrons. The summed E-state index contributed by atoms with van der Waals surface area (Å²) in [5, 5.41) is 12.1. The lowest BCUT2D eigenvalue weighted by atomic mass is 10.1. The second kappa shape index (κ2) is 6.99. The molecule has 1 aromatic rings. The summed E-state index contributed by atoms with van der Waals surface area (Å²) in [6, 6.07) is 6.52. The number of anilines is 1. The van der Waals surface area contributed by atoms with Gasteiger partial charge in [-0.15, -0.1) is 0 Å². The zero-order valence-electron chi connectivity index (χ0n) is 10.8. The lowest BCUT2D eigenvalue weighted by Gasteiger charge is -2.22. The number of nitrogens with one attached hydrogen (secondary N) is 1. The van der Waals surface area contributed by atoms with Crippen molar-refractivity contribution >= 4 is 11.7 Å². The predicted octanol–water partition coefficient (Wildman–Crippen LogP) is 1.92. The Balaban J connectivity index is 1.65. The van der Waals surface area contributed by atoms with Gasteiger partial charge in [0, 0.05) is 12.3 Å². The Morgan fingerprint density at radius 2 is 2.16 bits per heavy atom. The van der Waals surface area contributed by atoms with Gasteiger partial charge in [-0.1, -0.05) is 0 Å². The molecule has 1 fully saturated rings. The molecule has 1 aliphatic rings. The van der Waals surface area contributed by atoms with Gasteiger partial charge in [-0.3, -0.25) is 4.79 Å². The Labute approximate surface area is 112 Å². The minimum atomic E-state index is -0.303. The zero-order valence-corrected chi connectivity index (χ0v) is 10.8. The van der Waals surface area contributed by atoms with E-state index in [1.54, 1.807) is 24.3 Å². The summed E-state index contributed by atoms with van der Waals surface area (Å²) >= 11 is 0. The van der Waals surface area contributed by atoms with E-state index in [-0.39, 0.29) is 24.4 Å². The Hall–Kier alpha value is -1.75. The lowest BCUT2D eigenvalue weighted by Crippen LogP contribution is -2.27. The molecule has 0 amide bonds. The maximum absolute atomic E-state index is 11.5. The van der Waals surface area contributed by atoms with Crippen LogP contribution < -0.4 is 5.32 Å². The molecule has 1 aliphatic heterocycles. The molecule has 104 valence electrons. The SMILES string of the molecule is O=C(CNc1ccc(O)cc1)OCC1CCCCO1. The standard InChI is InChI=1S/C14H19NO4/c16-12-6-4-11(5-7-12)15-9-14(17)19-10-13-3-1-2-8-18-13/h4-7,13,15-16H,1-3,8-10H2. The highest BCUT2D eigenvalue weighted by Gasteiger charge is 2.15. The number of aromatic hydroxyl groups is 1. The molecule has 1 heterocycles. The van der Waals surface area contributed by atoms with Crippen LogP contribution in [-0.2, 0) is 14.3 Å². The number of hydrogen-bond acceptors (Lipinski definition) is 5. The van der Waals surface area contributed by atoms with Crippen LogP contribution >= 0.6 is 0 Å². The molecule has 19 heavy (non-hydrogen) atoms. The van der Waals surface area contributed by atoms with Crippen LogP contribution in [0, 0.1) is 0 Å². The minimum absolute atomic E-state index is 0.0476. The van der Waals surface area contributed by atoms with Gasteiger partial charge >= 0.3 is 5.97 Å². The van der Waals surface area contributed by atoms with E-state index in [0.717, 1.165) is 31.6 Å². The fraction of sp³-hybridized carbons (Fsp3) is 0.500. The van der Waals surface area contributed by atoms with Gasteiger partial charge in [-0.05, 0) is 43.5 Å². The van der Waals surface area contributed by atoms with Gasteiger partial charge in [0.15, 0.2) is 0 Å². The fourth-order valence-corrected chi connectivity index (χ4v) is 1.93. The first-order valence-corrected chi connectivity index (χ1v) is 6.54. The summed E-state index contributed by atoms with van der Waals surface area (Å²) in [4.78, 5) is 11.5. The van der Waals surface area contributed by atoms with Crippen LogP contribution in [0.15, 0.2) is 24.3 Å². The normalized spacial score (nSPS) is 18.8. The molecule has 5 heteroatoms. The Bertz CT molecular complexity index is 398. The Kier molecular flexibility index (Phi) is 5.03. The summed E-state index contributed by atoms with van der Waals surface area (Å²) in [7, 11) is 0. The predicted molar refractivity (Wildman–Crippen MR) is 71.1 cm³/mol. The number of rotatable bonds is 5. The van der Waals surface area contributed by atoms with E-state index in [2.05, 4.69) is 5.32 Å². The van der Waals surface area contributed by atoms with E-state index < -0.39 is 0 Å². The highest BCUT2D eigenvalue weighted by Crippen LogP contribution is 2.14. The monoisotopic (exact) mass is 265 g/mol. The third kappa shape index (κ3) is 4.79. The average Bonchev–Trinajstić information content (AvgIpc) is 2.45.